The van der Waals surface area contributed by atoms with Gasteiger partial charge in [-0.15, -0.1) is 0 Å². The highest BCUT2D eigenvalue weighted by Gasteiger charge is 2.39. The maximum absolute atomic E-state index is 13.0. The van der Waals surface area contributed by atoms with Crippen LogP contribution in [0.1, 0.15) is 57.1 Å². The molecule has 1 aromatic rings. The zero-order valence-corrected chi connectivity index (χ0v) is 17.0. The topological polar surface area (TPSA) is 64.6 Å². The van der Waals surface area contributed by atoms with Crippen molar-refractivity contribution in [3.8, 4) is 0 Å². The fourth-order valence-electron chi connectivity index (χ4n) is 3.95. The van der Waals surface area contributed by atoms with Crippen LogP contribution in [0.5, 0.6) is 0 Å². The third-order valence-corrected chi connectivity index (χ3v) is 5.38. The number of dihydropyridines is 1. The highest BCUT2D eigenvalue weighted by molar-refractivity contribution is 6.03. The molecule has 0 saturated carbocycles. The third-order valence-electron chi connectivity index (χ3n) is 5.38. The number of hydrogen-bond donors (Lipinski definition) is 1. The summed E-state index contributed by atoms with van der Waals surface area (Å²) in [7, 11) is 0. The van der Waals surface area contributed by atoms with Gasteiger partial charge in [0.15, 0.2) is 5.78 Å². The Morgan fingerprint density at radius 2 is 1.89 bits per heavy atom. The summed E-state index contributed by atoms with van der Waals surface area (Å²) in [5, 5.41) is 3.31. The number of esters is 1. The lowest BCUT2D eigenvalue weighted by Gasteiger charge is -2.34. The molecular formula is C23H29NO4. The SMILES string of the molecule is CCOCCOC(=O)C1=C(C)NC2=C(C(=O)CCC2)C1c1ccc(CC)cc1. The normalized spacial score (nSPS) is 19.4. The Morgan fingerprint density at radius 1 is 1.14 bits per heavy atom. The van der Waals surface area contributed by atoms with E-state index in [4.69, 9.17) is 9.47 Å². The van der Waals surface area contributed by atoms with E-state index in [9.17, 15) is 9.59 Å². The van der Waals surface area contributed by atoms with Crippen LogP contribution in [0.25, 0.3) is 0 Å². The van der Waals surface area contributed by atoms with E-state index in [1.165, 1.54) is 5.56 Å². The Labute approximate surface area is 166 Å². The van der Waals surface area contributed by atoms with E-state index in [1.807, 2.05) is 26.0 Å². The predicted molar refractivity (Wildman–Crippen MR) is 108 cm³/mol. The van der Waals surface area contributed by atoms with Gasteiger partial charge in [-0.2, -0.15) is 0 Å². The van der Waals surface area contributed by atoms with Gasteiger partial charge < -0.3 is 14.8 Å². The van der Waals surface area contributed by atoms with Crippen LogP contribution in [-0.2, 0) is 25.5 Å². The molecule has 3 rings (SSSR count). The van der Waals surface area contributed by atoms with E-state index >= 15 is 0 Å². The summed E-state index contributed by atoms with van der Waals surface area (Å²) >= 11 is 0. The summed E-state index contributed by atoms with van der Waals surface area (Å²) in [6.07, 6.45) is 3.14. The van der Waals surface area contributed by atoms with Gasteiger partial charge in [-0.3, -0.25) is 4.79 Å². The molecular weight excluding hydrogens is 354 g/mol. The molecule has 2 aliphatic rings. The number of aryl methyl sites for hydroxylation is 1. The Bertz CT molecular complexity index is 804. The first kappa shape index (κ1) is 20.3. The molecule has 5 heteroatoms. The van der Waals surface area contributed by atoms with Crippen molar-refractivity contribution >= 4 is 11.8 Å². The summed E-state index contributed by atoms with van der Waals surface area (Å²) < 4.78 is 10.7. The van der Waals surface area contributed by atoms with Gasteiger partial charge in [-0.1, -0.05) is 31.2 Å². The van der Waals surface area contributed by atoms with Crippen LogP contribution >= 0.6 is 0 Å². The van der Waals surface area contributed by atoms with E-state index in [0.717, 1.165) is 41.8 Å². The van der Waals surface area contributed by atoms with Gasteiger partial charge in [0.1, 0.15) is 6.61 Å². The molecule has 0 radical (unpaired) electrons. The smallest absolute Gasteiger partial charge is 0.336 e. The molecule has 1 aliphatic carbocycles. The quantitative estimate of drug-likeness (QED) is 0.573. The van der Waals surface area contributed by atoms with Crippen molar-refractivity contribution < 1.29 is 19.1 Å². The van der Waals surface area contributed by atoms with Gasteiger partial charge >= 0.3 is 5.97 Å². The van der Waals surface area contributed by atoms with Crippen LogP contribution < -0.4 is 5.32 Å². The molecule has 0 fully saturated rings. The molecule has 0 aromatic heterocycles. The lowest BCUT2D eigenvalue weighted by molar-refractivity contribution is -0.140. The molecule has 150 valence electrons. The second kappa shape index (κ2) is 9.20. The minimum absolute atomic E-state index is 0.116. The van der Waals surface area contributed by atoms with Crippen LogP contribution in [-0.4, -0.2) is 31.6 Å². The molecule has 1 aromatic carbocycles. The maximum Gasteiger partial charge on any atom is 0.336 e. The summed E-state index contributed by atoms with van der Waals surface area (Å²) in [6, 6.07) is 8.20. The molecule has 1 N–H and O–H groups in total. The van der Waals surface area contributed by atoms with Crippen molar-refractivity contribution in [2.75, 3.05) is 19.8 Å². The Hall–Kier alpha value is -2.40. The molecule has 0 amide bonds. The number of benzene rings is 1. The van der Waals surface area contributed by atoms with Gasteiger partial charge in [0.05, 0.1) is 12.2 Å². The van der Waals surface area contributed by atoms with Gasteiger partial charge in [0, 0.05) is 35.9 Å². The van der Waals surface area contributed by atoms with Crippen molar-refractivity contribution in [3.63, 3.8) is 0 Å². The molecule has 5 nitrogen and oxygen atoms in total. The van der Waals surface area contributed by atoms with Gasteiger partial charge in [-0.05, 0) is 44.2 Å². The molecule has 1 atom stereocenters. The molecule has 0 saturated heterocycles. The van der Waals surface area contributed by atoms with Crippen molar-refractivity contribution in [3.05, 3.63) is 57.9 Å². The average molecular weight is 383 g/mol. The van der Waals surface area contributed by atoms with Gasteiger partial charge in [0.25, 0.3) is 0 Å². The zero-order chi connectivity index (χ0) is 20.1. The largest absolute Gasteiger partial charge is 0.460 e. The number of allylic oxidation sites excluding steroid dienone is 3. The minimum Gasteiger partial charge on any atom is -0.460 e. The lowest BCUT2D eigenvalue weighted by atomic mass is 9.75. The zero-order valence-electron chi connectivity index (χ0n) is 17.0. The number of carbonyl (C=O) groups excluding carboxylic acids is 2. The van der Waals surface area contributed by atoms with Crippen molar-refractivity contribution in [1.82, 2.24) is 5.32 Å². The van der Waals surface area contributed by atoms with Crippen LogP contribution in [0.2, 0.25) is 0 Å². The third kappa shape index (κ3) is 4.20. The number of rotatable bonds is 7. The number of ether oxygens (including phenoxy) is 2. The molecule has 1 unspecified atom stereocenters. The molecule has 28 heavy (non-hydrogen) atoms. The fourth-order valence-corrected chi connectivity index (χ4v) is 3.95. The first-order valence-corrected chi connectivity index (χ1v) is 10.1. The van der Waals surface area contributed by atoms with Crippen molar-refractivity contribution in [2.24, 2.45) is 0 Å². The molecule has 0 spiro atoms. The summed E-state index contributed by atoms with van der Waals surface area (Å²) in [5.74, 6) is -0.654. The summed E-state index contributed by atoms with van der Waals surface area (Å²) in [5.41, 5.74) is 5.14. The number of ketones is 1. The summed E-state index contributed by atoms with van der Waals surface area (Å²) in [4.78, 5) is 25.8. The van der Waals surface area contributed by atoms with E-state index in [1.54, 1.807) is 0 Å². The number of Topliss-reactive ketones (excluding diaryl/α,β-unsaturated/α-hetero) is 1. The van der Waals surface area contributed by atoms with Gasteiger partial charge in [-0.25, -0.2) is 4.79 Å². The number of hydrogen-bond acceptors (Lipinski definition) is 5. The Morgan fingerprint density at radius 3 is 2.57 bits per heavy atom. The second-order valence-corrected chi connectivity index (χ2v) is 7.19. The van der Waals surface area contributed by atoms with E-state index < -0.39 is 0 Å². The van der Waals surface area contributed by atoms with E-state index in [-0.39, 0.29) is 24.3 Å². The first-order valence-electron chi connectivity index (χ1n) is 10.1. The Kier molecular flexibility index (Phi) is 6.68. The fraction of sp³-hybridized carbons (Fsp3) is 0.478. The minimum atomic E-state index is -0.390. The van der Waals surface area contributed by atoms with E-state index in [0.29, 0.717) is 25.2 Å². The van der Waals surface area contributed by atoms with Crippen LogP contribution in [0.15, 0.2) is 46.8 Å². The standard InChI is InChI=1S/C23H29NO4/c1-4-16-9-11-17(12-10-16)21-20(23(26)28-14-13-27-5-2)15(3)24-18-7-6-8-19(25)22(18)21/h9-12,21,24H,4-8,13-14H2,1-3H3. The van der Waals surface area contributed by atoms with Crippen molar-refractivity contribution in [2.45, 2.75) is 52.4 Å². The summed E-state index contributed by atoms with van der Waals surface area (Å²) in [6.45, 7) is 7.04. The first-order chi connectivity index (χ1) is 13.6. The van der Waals surface area contributed by atoms with Crippen LogP contribution in [0, 0.1) is 0 Å². The molecule has 1 heterocycles. The molecule has 1 aliphatic heterocycles. The van der Waals surface area contributed by atoms with E-state index in [2.05, 4.69) is 24.4 Å². The van der Waals surface area contributed by atoms with Crippen molar-refractivity contribution in [1.29, 1.82) is 0 Å². The second-order valence-electron chi connectivity index (χ2n) is 7.19. The van der Waals surface area contributed by atoms with Crippen LogP contribution in [0.3, 0.4) is 0 Å². The Balaban J connectivity index is 1.97. The predicted octanol–water partition coefficient (Wildman–Crippen LogP) is 3.80. The average Bonchev–Trinajstić information content (AvgIpc) is 2.70. The monoisotopic (exact) mass is 383 g/mol. The van der Waals surface area contributed by atoms with Crippen LogP contribution in [0.4, 0.5) is 0 Å². The number of nitrogens with one attached hydrogen (secondary N) is 1. The highest BCUT2D eigenvalue weighted by Crippen LogP contribution is 2.42. The maximum atomic E-state index is 13.0. The highest BCUT2D eigenvalue weighted by atomic mass is 16.6. The number of carbonyl (C=O) groups is 2. The van der Waals surface area contributed by atoms with Gasteiger partial charge in [0.2, 0.25) is 0 Å². The lowest BCUT2D eigenvalue weighted by Crippen LogP contribution is -2.34. The molecule has 0 bridgehead atoms.